The number of carbonyl (C=O) groups is 2. The molecular weight excluding hydrogens is 442 g/mol. The summed E-state index contributed by atoms with van der Waals surface area (Å²) in [6.07, 6.45) is 2.44. The van der Waals surface area contributed by atoms with E-state index in [2.05, 4.69) is 10.6 Å². The first-order valence-corrected chi connectivity index (χ1v) is 12.1. The number of para-hydroxylation sites is 1. The fourth-order valence-corrected chi connectivity index (χ4v) is 4.77. The molecule has 3 amide bonds. The number of anilines is 1. The van der Waals surface area contributed by atoms with Crippen molar-refractivity contribution in [3.05, 3.63) is 77.0 Å². The third-order valence-electron chi connectivity index (χ3n) is 6.29. The maximum atomic E-state index is 13.3. The van der Waals surface area contributed by atoms with Crippen LogP contribution in [0.3, 0.4) is 0 Å². The number of rotatable bonds is 3. The Kier molecular flexibility index (Phi) is 5.96. The summed E-state index contributed by atoms with van der Waals surface area (Å²) in [5.41, 5.74) is 4.42. The number of hydrogen-bond acceptors (Lipinski definition) is 4. The van der Waals surface area contributed by atoms with Gasteiger partial charge in [-0.15, -0.1) is 0 Å². The van der Waals surface area contributed by atoms with Crippen molar-refractivity contribution in [2.45, 2.75) is 58.2 Å². The lowest BCUT2D eigenvalue weighted by Gasteiger charge is -2.36. The number of nitrogens with one attached hydrogen (secondary N) is 2. The van der Waals surface area contributed by atoms with E-state index in [9.17, 15) is 9.59 Å². The Morgan fingerprint density at radius 1 is 1.03 bits per heavy atom. The predicted octanol–water partition coefficient (Wildman–Crippen LogP) is 4.97. The number of aryl methyl sites for hydroxylation is 1. The lowest BCUT2D eigenvalue weighted by Crippen LogP contribution is -2.46. The zero-order valence-corrected chi connectivity index (χ0v) is 20.4. The Labute approximate surface area is 205 Å². The first kappa shape index (κ1) is 23.0. The van der Waals surface area contributed by atoms with Gasteiger partial charge in [0.2, 0.25) is 0 Å². The zero-order valence-electron chi connectivity index (χ0n) is 20.4. The minimum Gasteiger partial charge on any atom is -0.444 e. The highest BCUT2D eigenvalue weighted by molar-refractivity contribution is 5.90. The molecule has 2 N–H and O–H groups in total. The fraction of sp³-hybridized carbons (Fsp3) is 0.370. The van der Waals surface area contributed by atoms with Crippen LogP contribution in [0.25, 0.3) is 5.69 Å². The smallest absolute Gasteiger partial charge is 0.410 e. The van der Waals surface area contributed by atoms with E-state index < -0.39 is 5.60 Å². The molecule has 0 bridgehead atoms. The average Bonchev–Trinajstić information content (AvgIpc) is 3.41. The number of carbonyl (C=O) groups excluding carboxylic acids is 2. The topological polar surface area (TPSA) is 88.5 Å². The molecule has 2 aliphatic rings. The van der Waals surface area contributed by atoms with Crippen molar-refractivity contribution >= 4 is 17.9 Å². The summed E-state index contributed by atoms with van der Waals surface area (Å²) < 4.78 is 7.40. The maximum Gasteiger partial charge on any atom is 0.410 e. The van der Waals surface area contributed by atoms with Gasteiger partial charge in [-0.05, 0) is 63.3 Å². The van der Waals surface area contributed by atoms with Gasteiger partial charge in [-0.3, -0.25) is 5.32 Å². The van der Waals surface area contributed by atoms with Crippen LogP contribution in [0.4, 0.5) is 15.4 Å². The van der Waals surface area contributed by atoms with E-state index in [1.165, 1.54) is 0 Å². The van der Waals surface area contributed by atoms with E-state index in [4.69, 9.17) is 9.84 Å². The number of nitrogens with zero attached hydrogens (tertiary/aromatic N) is 3. The Bertz CT molecular complexity index is 1250. The SMILES string of the molecule is CC(C)(C)OC(=O)N1Cc2ccccc2C(NC(=O)Nc2c3c(nn2-c2ccccc2)CCC3)C1. The van der Waals surface area contributed by atoms with Crippen molar-refractivity contribution in [1.29, 1.82) is 0 Å². The molecule has 1 aromatic heterocycles. The van der Waals surface area contributed by atoms with Gasteiger partial charge in [0.05, 0.1) is 17.4 Å². The number of urea groups is 1. The molecule has 182 valence electrons. The van der Waals surface area contributed by atoms with E-state index in [0.717, 1.165) is 47.3 Å². The van der Waals surface area contributed by atoms with Crippen LogP contribution in [0.2, 0.25) is 0 Å². The lowest BCUT2D eigenvalue weighted by atomic mass is 9.95. The third kappa shape index (κ3) is 4.87. The van der Waals surface area contributed by atoms with Crippen LogP contribution >= 0.6 is 0 Å². The van der Waals surface area contributed by atoms with Gasteiger partial charge >= 0.3 is 12.1 Å². The second-order valence-corrected chi connectivity index (χ2v) is 10.1. The predicted molar refractivity (Wildman–Crippen MR) is 134 cm³/mol. The molecule has 8 heteroatoms. The lowest BCUT2D eigenvalue weighted by molar-refractivity contribution is 0.0199. The molecule has 0 fully saturated rings. The first-order chi connectivity index (χ1) is 16.8. The number of amides is 3. The first-order valence-electron chi connectivity index (χ1n) is 12.1. The molecule has 0 saturated carbocycles. The quantitative estimate of drug-likeness (QED) is 0.562. The van der Waals surface area contributed by atoms with Crippen molar-refractivity contribution in [3.63, 3.8) is 0 Å². The van der Waals surface area contributed by atoms with Gasteiger partial charge in [0.1, 0.15) is 11.4 Å². The van der Waals surface area contributed by atoms with Crippen molar-refractivity contribution in [2.75, 3.05) is 11.9 Å². The van der Waals surface area contributed by atoms with Gasteiger partial charge in [-0.2, -0.15) is 5.10 Å². The van der Waals surface area contributed by atoms with Crippen LogP contribution in [0.5, 0.6) is 0 Å². The van der Waals surface area contributed by atoms with Crippen LogP contribution in [-0.2, 0) is 24.1 Å². The molecule has 3 aromatic rings. The number of aromatic nitrogens is 2. The van der Waals surface area contributed by atoms with Gasteiger partial charge in [0.15, 0.2) is 0 Å². The molecule has 1 aliphatic heterocycles. The molecular formula is C27H31N5O3. The molecule has 0 radical (unpaired) electrons. The van der Waals surface area contributed by atoms with Gasteiger partial charge in [-0.25, -0.2) is 14.3 Å². The summed E-state index contributed by atoms with van der Waals surface area (Å²) in [5, 5.41) is 10.9. The summed E-state index contributed by atoms with van der Waals surface area (Å²) in [6.45, 7) is 6.31. The molecule has 35 heavy (non-hydrogen) atoms. The second kappa shape index (κ2) is 9.09. The Morgan fingerprint density at radius 2 is 1.77 bits per heavy atom. The van der Waals surface area contributed by atoms with E-state index in [1.807, 2.05) is 80.1 Å². The summed E-state index contributed by atoms with van der Waals surface area (Å²) in [5.74, 6) is 0.703. The number of hydrogen-bond donors (Lipinski definition) is 2. The number of ether oxygens (including phenoxy) is 1. The molecule has 2 heterocycles. The average molecular weight is 474 g/mol. The highest BCUT2D eigenvalue weighted by Crippen LogP contribution is 2.32. The van der Waals surface area contributed by atoms with Crippen LogP contribution < -0.4 is 10.6 Å². The largest absolute Gasteiger partial charge is 0.444 e. The van der Waals surface area contributed by atoms with Crippen LogP contribution in [0.15, 0.2) is 54.6 Å². The summed E-state index contributed by atoms with van der Waals surface area (Å²) in [7, 11) is 0. The summed E-state index contributed by atoms with van der Waals surface area (Å²) >= 11 is 0. The molecule has 1 atom stereocenters. The summed E-state index contributed by atoms with van der Waals surface area (Å²) in [4.78, 5) is 27.7. The van der Waals surface area contributed by atoms with Gasteiger partial charge in [-0.1, -0.05) is 42.5 Å². The van der Waals surface area contributed by atoms with Crippen LogP contribution in [0, 0.1) is 0 Å². The normalized spacial score (nSPS) is 16.9. The zero-order chi connectivity index (χ0) is 24.6. The standard InChI is InChI=1S/C27H31N5O3/c1-27(2,3)35-26(34)31-16-18-10-7-8-13-20(18)23(17-31)28-25(33)29-24-21-14-9-15-22(21)30-32(24)19-11-5-4-6-12-19/h4-8,10-13,23H,9,14-17H2,1-3H3,(H2,28,29,33). The molecule has 0 saturated heterocycles. The highest BCUT2D eigenvalue weighted by Gasteiger charge is 2.32. The monoisotopic (exact) mass is 473 g/mol. The Morgan fingerprint density at radius 3 is 2.54 bits per heavy atom. The Hall–Kier alpha value is -3.81. The molecule has 2 aromatic carbocycles. The fourth-order valence-electron chi connectivity index (χ4n) is 4.77. The molecule has 1 unspecified atom stereocenters. The van der Waals surface area contributed by atoms with Crippen molar-refractivity contribution in [2.24, 2.45) is 0 Å². The van der Waals surface area contributed by atoms with Crippen LogP contribution in [-0.4, -0.2) is 39.0 Å². The maximum absolute atomic E-state index is 13.3. The number of fused-ring (bicyclic) bond motifs is 2. The van der Waals surface area contributed by atoms with E-state index in [0.29, 0.717) is 18.9 Å². The van der Waals surface area contributed by atoms with E-state index in [-0.39, 0.29) is 18.2 Å². The molecule has 5 rings (SSSR count). The van der Waals surface area contributed by atoms with E-state index in [1.54, 1.807) is 4.90 Å². The van der Waals surface area contributed by atoms with Gasteiger partial charge in [0, 0.05) is 18.7 Å². The Balaban J connectivity index is 1.38. The van der Waals surface area contributed by atoms with Crippen molar-refractivity contribution in [3.8, 4) is 5.69 Å². The molecule has 0 spiro atoms. The van der Waals surface area contributed by atoms with Crippen LogP contribution in [0.1, 0.15) is 55.6 Å². The van der Waals surface area contributed by atoms with Crippen molar-refractivity contribution in [1.82, 2.24) is 20.0 Å². The van der Waals surface area contributed by atoms with Crippen molar-refractivity contribution < 1.29 is 14.3 Å². The summed E-state index contributed by atoms with van der Waals surface area (Å²) in [6, 6.07) is 17.0. The molecule has 1 aliphatic carbocycles. The van der Waals surface area contributed by atoms with Gasteiger partial charge < -0.3 is 15.0 Å². The van der Waals surface area contributed by atoms with E-state index >= 15 is 0 Å². The second-order valence-electron chi connectivity index (χ2n) is 10.1. The molecule has 8 nitrogen and oxygen atoms in total. The number of benzene rings is 2. The minimum atomic E-state index is -0.593. The van der Waals surface area contributed by atoms with Gasteiger partial charge in [0.25, 0.3) is 0 Å². The third-order valence-corrected chi connectivity index (χ3v) is 6.29. The minimum absolute atomic E-state index is 0.329. The highest BCUT2D eigenvalue weighted by atomic mass is 16.6.